The van der Waals surface area contributed by atoms with Crippen molar-refractivity contribution < 1.29 is 9.18 Å². The summed E-state index contributed by atoms with van der Waals surface area (Å²) in [6.45, 7) is 6.37. The number of anilines is 2. The molecule has 0 saturated heterocycles. The van der Waals surface area contributed by atoms with Gasteiger partial charge in [-0.2, -0.15) is 0 Å². The van der Waals surface area contributed by atoms with E-state index < -0.39 is 17.2 Å². The lowest BCUT2D eigenvalue weighted by atomic mass is 10.1. The van der Waals surface area contributed by atoms with E-state index in [9.17, 15) is 18.8 Å². The molecule has 8 heteroatoms. The first kappa shape index (κ1) is 22.1. The molecule has 156 valence electrons. The van der Waals surface area contributed by atoms with Gasteiger partial charge in [-0.3, -0.25) is 19.1 Å². The van der Waals surface area contributed by atoms with Crippen molar-refractivity contribution >= 4 is 23.5 Å². The number of hydrogen-bond donors (Lipinski definition) is 2. The molecule has 2 aromatic rings. The number of carbonyl (C=O) groups excluding carboxylic acids is 1. The summed E-state index contributed by atoms with van der Waals surface area (Å²) < 4.78 is 14.3. The Labute approximate surface area is 168 Å². The van der Waals surface area contributed by atoms with Crippen molar-refractivity contribution in [1.82, 2.24) is 9.55 Å². The third-order valence-corrected chi connectivity index (χ3v) is 4.32. The van der Waals surface area contributed by atoms with Gasteiger partial charge in [0.2, 0.25) is 0 Å². The molecule has 0 bridgehead atoms. The fourth-order valence-corrected chi connectivity index (χ4v) is 2.86. The number of unbranched alkanes of at least 4 members (excludes halogenated alkanes) is 1. The molecule has 1 aromatic heterocycles. The van der Waals surface area contributed by atoms with E-state index in [4.69, 9.17) is 5.73 Å². The molecule has 0 aliphatic rings. The van der Waals surface area contributed by atoms with Gasteiger partial charge < -0.3 is 10.6 Å². The largest absolute Gasteiger partial charge is 0.383 e. The Kier molecular flexibility index (Phi) is 7.52. The predicted octanol–water partition coefficient (Wildman–Crippen LogP) is 2.76. The maximum atomic E-state index is 13.0. The van der Waals surface area contributed by atoms with E-state index in [0.717, 1.165) is 6.42 Å². The Morgan fingerprint density at radius 1 is 1.28 bits per heavy atom. The zero-order valence-electron chi connectivity index (χ0n) is 16.9. The van der Waals surface area contributed by atoms with Gasteiger partial charge in [-0.15, -0.1) is 0 Å². The molecule has 0 aliphatic heterocycles. The fraction of sp³-hybridized carbons (Fsp3) is 0.381. The van der Waals surface area contributed by atoms with Gasteiger partial charge in [-0.25, -0.2) is 9.18 Å². The quantitative estimate of drug-likeness (QED) is 0.663. The molecule has 0 radical (unpaired) electrons. The normalized spacial score (nSPS) is 11.3. The van der Waals surface area contributed by atoms with E-state index in [-0.39, 0.29) is 29.8 Å². The highest BCUT2D eigenvalue weighted by Crippen LogP contribution is 2.19. The van der Waals surface area contributed by atoms with E-state index in [0.29, 0.717) is 18.5 Å². The smallest absolute Gasteiger partial charge is 0.330 e. The lowest BCUT2D eigenvalue weighted by molar-refractivity contribution is -0.114. The van der Waals surface area contributed by atoms with E-state index >= 15 is 0 Å². The second kappa shape index (κ2) is 9.86. The van der Waals surface area contributed by atoms with Crippen molar-refractivity contribution in [3.05, 3.63) is 62.6 Å². The Morgan fingerprint density at radius 2 is 1.93 bits per heavy atom. The average molecular weight is 402 g/mol. The number of nitrogens with two attached hydrogens (primary N) is 1. The maximum absolute atomic E-state index is 13.0. The number of carbonyl (C=O) groups is 1. The van der Waals surface area contributed by atoms with Crippen LogP contribution in [0.25, 0.3) is 6.08 Å². The van der Waals surface area contributed by atoms with Crippen LogP contribution >= 0.6 is 0 Å². The number of rotatable bonds is 8. The SMILES string of the molecule is CCCCn1c(N)c(N(CC(C)C)C(=O)/C=C/c2ccc(F)cc2)c(=O)[nH]c1=O. The van der Waals surface area contributed by atoms with Crippen molar-refractivity contribution in [2.24, 2.45) is 5.92 Å². The summed E-state index contributed by atoms with van der Waals surface area (Å²) >= 11 is 0. The molecule has 3 N–H and O–H groups in total. The number of halogens is 1. The molecule has 0 aliphatic carbocycles. The van der Waals surface area contributed by atoms with Crippen molar-refractivity contribution in [3.63, 3.8) is 0 Å². The maximum Gasteiger partial charge on any atom is 0.330 e. The first-order valence-electron chi connectivity index (χ1n) is 9.62. The number of benzene rings is 1. The van der Waals surface area contributed by atoms with E-state index in [2.05, 4.69) is 4.98 Å². The molecule has 0 fully saturated rings. The monoisotopic (exact) mass is 402 g/mol. The highest BCUT2D eigenvalue weighted by atomic mass is 19.1. The third kappa shape index (κ3) is 5.66. The number of hydrogen-bond acceptors (Lipinski definition) is 4. The zero-order valence-corrected chi connectivity index (χ0v) is 16.9. The second-order valence-electron chi connectivity index (χ2n) is 7.23. The summed E-state index contributed by atoms with van der Waals surface area (Å²) in [6.07, 6.45) is 4.39. The topological polar surface area (TPSA) is 101 Å². The minimum Gasteiger partial charge on any atom is -0.383 e. The summed E-state index contributed by atoms with van der Waals surface area (Å²) in [5.41, 5.74) is 5.45. The number of nitrogens with zero attached hydrogens (tertiary/aromatic N) is 2. The Morgan fingerprint density at radius 3 is 2.52 bits per heavy atom. The van der Waals surface area contributed by atoms with Crippen LogP contribution in [0.3, 0.4) is 0 Å². The molecule has 0 saturated carbocycles. The van der Waals surface area contributed by atoms with E-state index in [1.807, 2.05) is 20.8 Å². The van der Waals surface area contributed by atoms with Crippen molar-refractivity contribution in [1.29, 1.82) is 0 Å². The molecular formula is C21H27FN4O3. The van der Waals surface area contributed by atoms with Crippen molar-refractivity contribution in [2.45, 2.75) is 40.2 Å². The Bertz CT molecular complexity index is 990. The highest BCUT2D eigenvalue weighted by molar-refractivity contribution is 6.05. The lowest BCUT2D eigenvalue weighted by Crippen LogP contribution is -2.42. The van der Waals surface area contributed by atoms with E-state index in [1.54, 1.807) is 0 Å². The molecular weight excluding hydrogens is 375 g/mol. The fourth-order valence-electron chi connectivity index (χ4n) is 2.86. The molecule has 7 nitrogen and oxygen atoms in total. The van der Waals surface area contributed by atoms with Gasteiger partial charge in [0.05, 0.1) is 0 Å². The van der Waals surface area contributed by atoms with Gasteiger partial charge in [0.25, 0.3) is 11.5 Å². The first-order chi connectivity index (χ1) is 13.7. The van der Waals surface area contributed by atoms with Crippen LogP contribution < -0.4 is 21.9 Å². The third-order valence-electron chi connectivity index (χ3n) is 4.32. The minimum absolute atomic E-state index is 0.0311. The molecule has 0 spiro atoms. The molecule has 1 heterocycles. The van der Waals surface area contributed by atoms with Gasteiger partial charge in [0.15, 0.2) is 5.69 Å². The predicted molar refractivity (Wildman–Crippen MR) is 113 cm³/mol. The van der Waals surface area contributed by atoms with Crippen LogP contribution in [0, 0.1) is 11.7 Å². The number of nitrogens with one attached hydrogen (secondary N) is 1. The van der Waals surface area contributed by atoms with Crippen LogP contribution in [-0.4, -0.2) is 22.0 Å². The molecule has 2 rings (SSSR count). The summed E-state index contributed by atoms with van der Waals surface area (Å²) in [5.74, 6) is -0.811. The number of aromatic amines is 1. The standard InChI is InChI=1S/C21H27FN4O3/c1-4-5-12-25-19(23)18(20(28)24-21(25)29)26(13-14(2)3)17(27)11-8-15-6-9-16(22)10-7-15/h6-11,14H,4-5,12-13,23H2,1-3H3,(H,24,28,29)/b11-8+. The number of aromatic nitrogens is 2. The van der Waals surface area contributed by atoms with Gasteiger partial charge in [0, 0.05) is 19.2 Å². The summed E-state index contributed by atoms with van der Waals surface area (Å²) in [5, 5.41) is 0. The molecule has 0 unspecified atom stereocenters. The van der Waals surface area contributed by atoms with Crippen LogP contribution in [0.4, 0.5) is 15.9 Å². The highest BCUT2D eigenvalue weighted by Gasteiger charge is 2.23. The van der Waals surface area contributed by atoms with Gasteiger partial charge in [0.1, 0.15) is 11.6 Å². The first-order valence-corrected chi connectivity index (χ1v) is 9.62. The molecule has 1 aromatic carbocycles. The number of H-pyrrole nitrogens is 1. The van der Waals surface area contributed by atoms with Crippen molar-refractivity contribution in [3.8, 4) is 0 Å². The average Bonchev–Trinajstić information content (AvgIpc) is 2.66. The van der Waals surface area contributed by atoms with Crippen molar-refractivity contribution in [2.75, 3.05) is 17.2 Å². The van der Waals surface area contributed by atoms with Gasteiger partial charge >= 0.3 is 5.69 Å². The molecule has 0 atom stereocenters. The Hall–Kier alpha value is -3.16. The summed E-state index contributed by atoms with van der Waals surface area (Å²) in [7, 11) is 0. The van der Waals surface area contributed by atoms with Crippen LogP contribution in [0.2, 0.25) is 0 Å². The number of nitrogen functional groups attached to an aromatic ring is 1. The number of amides is 1. The molecule has 1 amide bonds. The van der Waals surface area contributed by atoms with Crippen LogP contribution in [0.5, 0.6) is 0 Å². The van der Waals surface area contributed by atoms with Crippen LogP contribution in [-0.2, 0) is 11.3 Å². The Balaban J connectivity index is 2.46. The molecule has 29 heavy (non-hydrogen) atoms. The summed E-state index contributed by atoms with van der Waals surface area (Å²) in [6, 6.07) is 5.67. The van der Waals surface area contributed by atoms with Crippen LogP contribution in [0.1, 0.15) is 39.2 Å². The second-order valence-corrected chi connectivity index (χ2v) is 7.23. The summed E-state index contributed by atoms with van der Waals surface area (Å²) in [4.78, 5) is 41.1. The lowest BCUT2D eigenvalue weighted by Gasteiger charge is -2.25. The van der Waals surface area contributed by atoms with Crippen LogP contribution in [0.15, 0.2) is 39.9 Å². The minimum atomic E-state index is -0.704. The van der Waals surface area contributed by atoms with E-state index in [1.165, 1.54) is 45.9 Å². The van der Waals surface area contributed by atoms with Gasteiger partial charge in [-0.05, 0) is 36.1 Å². The van der Waals surface area contributed by atoms with Gasteiger partial charge in [-0.1, -0.05) is 39.3 Å². The zero-order chi connectivity index (χ0) is 21.6.